The molecule has 0 spiro atoms. The van der Waals surface area contributed by atoms with Crippen molar-refractivity contribution in [3.63, 3.8) is 0 Å². The third-order valence-electron chi connectivity index (χ3n) is 4.86. The fourth-order valence-electron chi connectivity index (χ4n) is 3.60. The number of rotatable bonds is 3. The maximum absolute atomic E-state index is 13.3. The molecule has 1 aliphatic rings. The molecule has 1 fully saturated rings. The molecule has 1 saturated heterocycles. The van der Waals surface area contributed by atoms with E-state index in [1.165, 1.54) is 4.90 Å². The zero-order valence-electron chi connectivity index (χ0n) is 17.3. The molecule has 0 saturated carbocycles. The lowest BCUT2D eigenvalue weighted by molar-refractivity contribution is -0.146. The molecule has 0 aliphatic carbocycles. The minimum absolute atomic E-state index is 0.00301. The summed E-state index contributed by atoms with van der Waals surface area (Å²) < 4.78 is 45.3. The van der Waals surface area contributed by atoms with Gasteiger partial charge in [-0.2, -0.15) is 13.2 Å². The van der Waals surface area contributed by atoms with Crippen molar-refractivity contribution in [3.8, 4) is 0 Å². The van der Waals surface area contributed by atoms with Gasteiger partial charge in [0.2, 0.25) is 0 Å². The van der Waals surface area contributed by atoms with Crippen LogP contribution in [0.25, 0.3) is 10.9 Å². The Hall–Kier alpha value is -2.71. The SMILES string of the molecule is CC(C)(C)OC(=O)N1CCCC(N(CC(F)(F)F)C(=O)c2cc3ccccc3[nH]2)C1. The van der Waals surface area contributed by atoms with Gasteiger partial charge in [-0.25, -0.2) is 4.79 Å². The summed E-state index contributed by atoms with van der Waals surface area (Å²) in [6.45, 7) is 4.17. The number of hydrogen-bond donors (Lipinski definition) is 1. The number of nitrogens with one attached hydrogen (secondary N) is 1. The van der Waals surface area contributed by atoms with Crippen LogP contribution in [0.15, 0.2) is 30.3 Å². The highest BCUT2D eigenvalue weighted by molar-refractivity contribution is 5.98. The summed E-state index contributed by atoms with van der Waals surface area (Å²) in [5.41, 5.74) is 0.0530. The van der Waals surface area contributed by atoms with Crippen LogP contribution in [-0.2, 0) is 4.74 Å². The smallest absolute Gasteiger partial charge is 0.410 e. The standard InChI is InChI=1S/C21H26F3N3O3/c1-20(2,3)30-19(29)26-10-6-8-15(12-26)27(13-21(22,23)24)18(28)17-11-14-7-4-5-9-16(14)25-17/h4-5,7,9,11,15,25H,6,8,10,12-13H2,1-3H3. The average Bonchev–Trinajstić information content (AvgIpc) is 3.08. The first-order valence-electron chi connectivity index (χ1n) is 9.86. The quantitative estimate of drug-likeness (QED) is 0.783. The molecule has 1 aromatic heterocycles. The van der Waals surface area contributed by atoms with Crippen molar-refractivity contribution >= 4 is 22.9 Å². The number of amides is 2. The second-order valence-corrected chi connectivity index (χ2v) is 8.54. The molecule has 1 N–H and O–H groups in total. The molecule has 2 heterocycles. The van der Waals surface area contributed by atoms with Gasteiger partial charge in [0.25, 0.3) is 5.91 Å². The maximum Gasteiger partial charge on any atom is 0.410 e. The van der Waals surface area contributed by atoms with Gasteiger partial charge < -0.3 is 19.5 Å². The van der Waals surface area contributed by atoms with Crippen LogP contribution in [0.3, 0.4) is 0 Å². The molecule has 3 rings (SSSR count). The third-order valence-corrected chi connectivity index (χ3v) is 4.86. The lowest BCUT2D eigenvalue weighted by atomic mass is 10.0. The molecule has 30 heavy (non-hydrogen) atoms. The average molecular weight is 425 g/mol. The second kappa shape index (κ2) is 8.20. The first kappa shape index (κ1) is 22.0. The Morgan fingerprint density at radius 2 is 1.93 bits per heavy atom. The van der Waals surface area contributed by atoms with Crippen molar-refractivity contribution in [2.45, 2.75) is 51.4 Å². The van der Waals surface area contributed by atoms with Crippen LogP contribution < -0.4 is 0 Å². The normalized spacial score (nSPS) is 17.8. The minimum atomic E-state index is -4.56. The van der Waals surface area contributed by atoms with Gasteiger partial charge in [-0.3, -0.25) is 4.79 Å². The van der Waals surface area contributed by atoms with Crippen molar-refractivity contribution in [1.29, 1.82) is 0 Å². The molecular weight excluding hydrogens is 399 g/mol. The molecule has 1 aromatic carbocycles. The number of halogens is 3. The van der Waals surface area contributed by atoms with E-state index in [9.17, 15) is 22.8 Å². The van der Waals surface area contributed by atoms with Crippen LogP contribution in [-0.4, -0.2) is 64.2 Å². The fourth-order valence-corrected chi connectivity index (χ4v) is 3.60. The Balaban J connectivity index is 1.83. The maximum atomic E-state index is 13.3. The zero-order chi connectivity index (χ0) is 22.1. The number of carbonyl (C=O) groups excluding carboxylic acids is 2. The van der Waals surface area contributed by atoms with E-state index < -0.39 is 36.4 Å². The lowest BCUT2D eigenvalue weighted by Crippen LogP contribution is -2.54. The molecule has 9 heteroatoms. The predicted octanol–water partition coefficient (Wildman–Crippen LogP) is 4.57. The molecule has 2 aromatic rings. The predicted molar refractivity (Wildman–Crippen MR) is 106 cm³/mol. The molecule has 1 atom stereocenters. The fraction of sp³-hybridized carbons (Fsp3) is 0.524. The van der Waals surface area contributed by atoms with Gasteiger partial charge in [-0.1, -0.05) is 18.2 Å². The zero-order valence-corrected chi connectivity index (χ0v) is 17.3. The highest BCUT2D eigenvalue weighted by atomic mass is 19.4. The molecule has 1 unspecified atom stereocenters. The highest BCUT2D eigenvalue weighted by Gasteiger charge is 2.40. The number of piperidine rings is 1. The largest absolute Gasteiger partial charge is 0.444 e. The summed E-state index contributed by atoms with van der Waals surface area (Å²) >= 11 is 0. The van der Waals surface area contributed by atoms with Gasteiger partial charge in [0, 0.05) is 24.0 Å². The third kappa shape index (κ3) is 5.46. The Bertz CT molecular complexity index is 884. The lowest BCUT2D eigenvalue weighted by Gasteiger charge is -2.39. The van der Waals surface area contributed by atoms with Crippen LogP contribution in [0.2, 0.25) is 0 Å². The van der Waals surface area contributed by atoms with Gasteiger partial charge in [0.1, 0.15) is 17.8 Å². The van der Waals surface area contributed by atoms with Crippen LogP contribution in [0.4, 0.5) is 18.0 Å². The van der Waals surface area contributed by atoms with E-state index in [0.717, 1.165) is 10.3 Å². The Morgan fingerprint density at radius 3 is 2.57 bits per heavy atom. The van der Waals surface area contributed by atoms with Crippen molar-refractivity contribution < 1.29 is 27.5 Å². The van der Waals surface area contributed by atoms with E-state index in [2.05, 4.69) is 4.98 Å². The molecule has 164 valence electrons. The van der Waals surface area contributed by atoms with E-state index in [-0.39, 0.29) is 12.2 Å². The number of likely N-dealkylation sites (tertiary alicyclic amines) is 1. The van der Waals surface area contributed by atoms with Gasteiger partial charge in [-0.05, 0) is 45.7 Å². The summed E-state index contributed by atoms with van der Waals surface area (Å²) in [5.74, 6) is -0.737. The summed E-state index contributed by atoms with van der Waals surface area (Å²) in [7, 11) is 0. The Morgan fingerprint density at radius 1 is 1.23 bits per heavy atom. The van der Waals surface area contributed by atoms with Crippen LogP contribution in [0.5, 0.6) is 0 Å². The van der Waals surface area contributed by atoms with Gasteiger partial charge in [0.15, 0.2) is 0 Å². The Labute approximate surface area is 173 Å². The molecule has 1 aliphatic heterocycles. The summed E-state index contributed by atoms with van der Waals surface area (Å²) in [5, 5.41) is 0.742. The molecular formula is C21H26F3N3O3. The molecule has 0 bridgehead atoms. The van der Waals surface area contributed by atoms with Gasteiger partial charge >= 0.3 is 12.3 Å². The number of alkyl halides is 3. The van der Waals surface area contributed by atoms with Gasteiger partial charge in [0.05, 0.1) is 6.04 Å². The number of nitrogens with zero attached hydrogens (tertiary/aromatic N) is 2. The number of benzene rings is 1. The number of fused-ring (bicyclic) bond motifs is 1. The van der Waals surface area contributed by atoms with Crippen molar-refractivity contribution in [2.24, 2.45) is 0 Å². The van der Waals surface area contributed by atoms with E-state index in [1.807, 2.05) is 0 Å². The minimum Gasteiger partial charge on any atom is -0.444 e. The van der Waals surface area contributed by atoms with Crippen molar-refractivity contribution in [1.82, 2.24) is 14.8 Å². The van der Waals surface area contributed by atoms with Crippen LogP contribution in [0.1, 0.15) is 44.1 Å². The van der Waals surface area contributed by atoms with Crippen molar-refractivity contribution in [3.05, 3.63) is 36.0 Å². The van der Waals surface area contributed by atoms with Crippen molar-refractivity contribution in [2.75, 3.05) is 19.6 Å². The highest BCUT2D eigenvalue weighted by Crippen LogP contribution is 2.26. The first-order chi connectivity index (χ1) is 13.9. The number of H-pyrrole nitrogens is 1. The summed E-state index contributed by atoms with van der Waals surface area (Å²) in [6.07, 6.45) is -4.28. The van der Waals surface area contributed by atoms with Crippen LogP contribution in [0, 0.1) is 0 Å². The molecule has 2 amide bonds. The van der Waals surface area contributed by atoms with Gasteiger partial charge in [-0.15, -0.1) is 0 Å². The number of para-hydroxylation sites is 1. The van der Waals surface area contributed by atoms with Crippen LogP contribution >= 0.6 is 0 Å². The first-order valence-corrected chi connectivity index (χ1v) is 9.86. The van der Waals surface area contributed by atoms with E-state index >= 15 is 0 Å². The number of aromatic nitrogens is 1. The number of aromatic amines is 1. The summed E-state index contributed by atoms with van der Waals surface area (Å²) in [6, 6.07) is 7.90. The number of carbonyl (C=O) groups is 2. The van der Waals surface area contributed by atoms with E-state index in [1.54, 1.807) is 51.1 Å². The molecule has 0 radical (unpaired) electrons. The van der Waals surface area contributed by atoms with E-state index in [0.29, 0.717) is 24.9 Å². The summed E-state index contributed by atoms with van der Waals surface area (Å²) in [4.78, 5) is 30.6. The van der Waals surface area contributed by atoms with E-state index in [4.69, 9.17) is 4.74 Å². The number of ether oxygens (including phenoxy) is 1. The topological polar surface area (TPSA) is 65.6 Å². The second-order valence-electron chi connectivity index (χ2n) is 8.54. The molecule has 6 nitrogen and oxygen atoms in total. The number of hydrogen-bond acceptors (Lipinski definition) is 3. The Kier molecular flexibility index (Phi) is 6.01. The monoisotopic (exact) mass is 425 g/mol.